The number of hydrogen-bond donors (Lipinski definition) is 0. The van der Waals surface area contributed by atoms with Crippen molar-refractivity contribution in [1.82, 2.24) is 4.98 Å². The molecule has 0 N–H and O–H groups in total. The molecule has 3 rings (SSSR count). The molecule has 4 heteroatoms. The van der Waals surface area contributed by atoms with Crippen LogP contribution in [0.25, 0.3) is 11.1 Å². The van der Waals surface area contributed by atoms with Gasteiger partial charge < -0.3 is 9.15 Å². The molecule has 0 atom stereocenters. The molecule has 0 amide bonds. The van der Waals surface area contributed by atoms with Crippen molar-refractivity contribution in [3.05, 3.63) is 54.3 Å². The van der Waals surface area contributed by atoms with Gasteiger partial charge in [0.05, 0.1) is 0 Å². The van der Waals surface area contributed by atoms with E-state index in [-0.39, 0.29) is 11.9 Å². The zero-order valence-corrected chi connectivity index (χ0v) is 8.76. The van der Waals surface area contributed by atoms with Crippen LogP contribution in [0.4, 0.5) is 4.39 Å². The molecule has 2 aromatic carbocycles. The van der Waals surface area contributed by atoms with Crippen LogP contribution in [0.15, 0.2) is 52.9 Å². The lowest BCUT2D eigenvalue weighted by Gasteiger charge is -1.99. The number of aromatic nitrogens is 1. The first-order valence-corrected chi connectivity index (χ1v) is 5.10. The van der Waals surface area contributed by atoms with Crippen molar-refractivity contribution in [3.8, 4) is 11.8 Å². The summed E-state index contributed by atoms with van der Waals surface area (Å²) in [4.78, 5) is 4.13. The number of fused-ring (bicyclic) bond motifs is 1. The summed E-state index contributed by atoms with van der Waals surface area (Å²) in [7, 11) is 0. The molecule has 0 radical (unpaired) electrons. The van der Waals surface area contributed by atoms with E-state index in [0.717, 1.165) is 0 Å². The second kappa shape index (κ2) is 3.90. The molecule has 0 aliphatic carbocycles. The number of ether oxygens (including phenoxy) is 1. The fourth-order valence-electron chi connectivity index (χ4n) is 1.53. The van der Waals surface area contributed by atoms with Crippen molar-refractivity contribution in [2.24, 2.45) is 0 Å². The molecule has 0 bridgehead atoms. The molecule has 0 unspecified atom stereocenters. The number of benzene rings is 2. The lowest BCUT2D eigenvalue weighted by molar-refractivity contribution is 0.342. The monoisotopic (exact) mass is 229 g/mol. The molecule has 0 fully saturated rings. The van der Waals surface area contributed by atoms with Gasteiger partial charge in [-0.15, -0.1) is 0 Å². The molecule has 0 spiro atoms. The molecule has 0 saturated carbocycles. The molecule has 1 heterocycles. The number of nitrogens with zero attached hydrogens (tertiary/aromatic N) is 1. The summed E-state index contributed by atoms with van der Waals surface area (Å²) < 4.78 is 23.6. The molecule has 0 saturated heterocycles. The zero-order valence-electron chi connectivity index (χ0n) is 8.76. The third kappa shape index (κ3) is 1.97. The smallest absolute Gasteiger partial charge is 0.400 e. The van der Waals surface area contributed by atoms with Crippen LogP contribution >= 0.6 is 0 Å². The van der Waals surface area contributed by atoms with Gasteiger partial charge in [0.15, 0.2) is 5.58 Å². The van der Waals surface area contributed by atoms with Crippen LogP contribution in [0, 0.1) is 5.82 Å². The Morgan fingerprint density at radius 1 is 1.06 bits per heavy atom. The first-order valence-electron chi connectivity index (χ1n) is 5.10. The van der Waals surface area contributed by atoms with Crippen LogP contribution < -0.4 is 4.74 Å². The topological polar surface area (TPSA) is 35.3 Å². The first-order chi connectivity index (χ1) is 8.31. The Kier molecular flexibility index (Phi) is 2.26. The van der Waals surface area contributed by atoms with Crippen LogP contribution in [-0.2, 0) is 0 Å². The lowest BCUT2D eigenvalue weighted by atomic mass is 10.3. The molecule has 3 aromatic rings. The Labute approximate surface area is 96.5 Å². The summed E-state index contributed by atoms with van der Waals surface area (Å²) in [6.07, 6.45) is 0.108. The lowest BCUT2D eigenvalue weighted by Crippen LogP contribution is -1.84. The van der Waals surface area contributed by atoms with Crippen LogP contribution in [-0.4, -0.2) is 4.98 Å². The van der Waals surface area contributed by atoms with Crippen molar-refractivity contribution in [2.45, 2.75) is 0 Å². The second-order valence-corrected chi connectivity index (χ2v) is 3.51. The first kappa shape index (κ1) is 9.84. The van der Waals surface area contributed by atoms with Crippen molar-refractivity contribution in [1.29, 1.82) is 0 Å². The number of rotatable bonds is 2. The Hall–Kier alpha value is -2.36. The molecule has 0 aliphatic heterocycles. The van der Waals surface area contributed by atoms with Crippen LogP contribution in [0.2, 0.25) is 0 Å². The molecular weight excluding hydrogens is 221 g/mol. The van der Waals surface area contributed by atoms with Gasteiger partial charge >= 0.3 is 6.08 Å². The van der Waals surface area contributed by atoms with Crippen molar-refractivity contribution in [2.75, 3.05) is 0 Å². The van der Waals surface area contributed by atoms with E-state index < -0.39 is 0 Å². The maximum Gasteiger partial charge on any atom is 0.400 e. The quantitative estimate of drug-likeness (QED) is 0.671. The van der Waals surface area contributed by atoms with E-state index in [1.165, 1.54) is 12.1 Å². The summed E-state index contributed by atoms with van der Waals surface area (Å²) in [5, 5.41) is 0. The fourth-order valence-corrected chi connectivity index (χ4v) is 1.53. The number of oxazole rings is 1. The summed E-state index contributed by atoms with van der Waals surface area (Å²) in [5.74, 6) is -0.00447. The largest absolute Gasteiger partial charge is 0.411 e. The number of halogens is 1. The predicted octanol–water partition coefficient (Wildman–Crippen LogP) is 3.76. The molecule has 1 aromatic heterocycles. The summed E-state index contributed by atoms with van der Waals surface area (Å²) in [5.41, 5.74) is 1.35. The van der Waals surface area contributed by atoms with Gasteiger partial charge in [0.2, 0.25) is 0 Å². The van der Waals surface area contributed by atoms with Gasteiger partial charge in [-0.2, -0.15) is 4.98 Å². The van der Waals surface area contributed by atoms with Gasteiger partial charge in [-0.1, -0.05) is 18.2 Å². The Morgan fingerprint density at radius 3 is 2.76 bits per heavy atom. The summed E-state index contributed by atoms with van der Waals surface area (Å²) >= 11 is 0. The van der Waals surface area contributed by atoms with Crippen molar-refractivity contribution < 1.29 is 13.5 Å². The van der Waals surface area contributed by atoms with Gasteiger partial charge in [-0.05, 0) is 24.3 Å². The minimum atomic E-state index is -0.362. The van der Waals surface area contributed by atoms with Crippen molar-refractivity contribution >= 4 is 11.1 Å². The Morgan fingerprint density at radius 2 is 1.94 bits per heavy atom. The maximum absolute atomic E-state index is 12.9. The highest BCUT2D eigenvalue weighted by atomic mass is 19.1. The third-order valence-electron chi connectivity index (χ3n) is 2.28. The van der Waals surface area contributed by atoms with E-state index in [9.17, 15) is 4.39 Å². The average Bonchev–Trinajstić information content (AvgIpc) is 2.71. The summed E-state index contributed by atoms with van der Waals surface area (Å²) in [6.45, 7) is 0. The SMILES string of the molecule is Fc1cccc(Oc2nc3ccccc3o2)c1. The number of para-hydroxylation sites is 2. The average molecular weight is 229 g/mol. The third-order valence-corrected chi connectivity index (χ3v) is 2.28. The van der Waals surface area contributed by atoms with Gasteiger partial charge in [-0.25, -0.2) is 4.39 Å². The van der Waals surface area contributed by atoms with Gasteiger partial charge in [0.25, 0.3) is 0 Å². The molecule has 17 heavy (non-hydrogen) atoms. The van der Waals surface area contributed by atoms with E-state index in [1.54, 1.807) is 18.2 Å². The molecular formula is C13H8FNO2. The molecule has 0 aliphatic rings. The van der Waals surface area contributed by atoms with Gasteiger partial charge in [0.1, 0.15) is 17.1 Å². The van der Waals surface area contributed by atoms with E-state index in [0.29, 0.717) is 16.8 Å². The second-order valence-electron chi connectivity index (χ2n) is 3.51. The van der Waals surface area contributed by atoms with E-state index >= 15 is 0 Å². The highest BCUT2D eigenvalue weighted by molar-refractivity contribution is 5.72. The normalized spacial score (nSPS) is 10.6. The minimum Gasteiger partial charge on any atom is -0.411 e. The number of hydrogen-bond acceptors (Lipinski definition) is 3. The van der Waals surface area contributed by atoms with Crippen LogP contribution in [0.1, 0.15) is 0 Å². The highest BCUT2D eigenvalue weighted by Crippen LogP contribution is 2.25. The van der Waals surface area contributed by atoms with E-state index in [2.05, 4.69) is 4.98 Å². The standard InChI is InChI=1S/C13H8FNO2/c14-9-4-3-5-10(8-9)16-13-15-11-6-1-2-7-12(11)17-13/h1-8H. The van der Waals surface area contributed by atoms with E-state index in [1.807, 2.05) is 18.2 Å². The zero-order chi connectivity index (χ0) is 11.7. The van der Waals surface area contributed by atoms with Crippen molar-refractivity contribution in [3.63, 3.8) is 0 Å². The predicted molar refractivity (Wildman–Crippen MR) is 60.5 cm³/mol. The van der Waals surface area contributed by atoms with Crippen LogP contribution in [0.3, 0.4) is 0 Å². The van der Waals surface area contributed by atoms with Gasteiger partial charge in [-0.3, -0.25) is 0 Å². The maximum atomic E-state index is 12.9. The Bertz CT molecular complexity index is 630. The summed E-state index contributed by atoms with van der Waals surface area (Å²) in [6, 6.07) is 13.1. The van der Waals surface area contributed by atoms with Crippen LogP contribution in [0.5, 0.6) is 11.8 Å². The van der Waals surface area contributed by atoms with Gasteiger partial charge in [0, 0.05) is 6.07 Å². The Balaban J connectivity index is 1.94. The molecule has 84 valence electrons. The molecule has 3 nitrogen and oxygen atoms in total. The minimum absolute atomic E-state index is 0.108. The van der Waals surface area contributed by atoms with E-state index in [4.69, 9.17) is 9.15 Å². The fraction of sp³-hybridized carbons (Fsp3) is 0. The highest BCUT2D eigenvalue weighted by Gasteiger charge is 2.07.